The fraction of sp³-hybridized carbons (Fsp3) is 0.917. The highest BCUT2D eigenvalue weighted by molar-refractivity contribution is 5.73. The van der Waals surface area contributed by atoms with Crippen molar-refractivity contribution in [1.82, 2.24) is 10.2 Å². The summed E-state index contributed by atoms with van der Waals surface area (Å²) < 4.78 is 0. The molecule has 1 N–H and O–H groups in total. The van der Waals surface area contributed by atoms with Gasteiger partial charge in [0.15, 0.2) is 0 Å². The number of rotatable bonds is 1. The maximum Gasteiger partial charge on any atom is 0.217 e. The number of amides is 1. The topological polar surface area (TPSA) is 32.3 Å². The van der Waals surface area contributed by atoms with E-state index in [9.17, 15) is 4.79 Å². The van der Waals surface area contributed by atoms with E-state index in [0.717, 1.165) is 13.0 Å². The Balaban J connectivity index is 2.03. The molecule has 1 amide bonds. The van der Waals surface area contributed by atoms with Crippen LogP contribution in [0.4, 0.5) is 0 Å². The monoisotopic (exact) mass is 210 g/mol. The molecule has 0 unspecified atom stereocenters. The van der Waals surface area contributed by atoms with Crippen molar-refractivity contribution >= 4 is 5.91 Å². The summed E-state index contributed by atoms with van der Waals surface area (Å²) in [5, 5.41) is 3.14. The average Bonchev–Trinajstić information content (AvgIpc) is 2.22. The number of nitrogens with zero attached hydrogens (tertiary/aromatic N) is 1. The molecule has 1 aliphatic heterocycles. The molecule has 0 aromatic heterocycles. The van der Waals surface area contributed by atoms with Crippen LogP contribution in [-0.4, -0.2) is 36.5 Å². The highest BCUT2D eigenvalue weighted by Crippen LogP contribution is 2.34. The lowest BCUT2D eigenvalue weighted by Crippen LogP contribution is -2.56. The Kier molecular flexibility index (Phi) is 3.29. The third-order valence-corrected chi connectivity index (χ3v) is 4.05. The molecule has 1 heterocycles. The van der Waals surface area contributed by atoms with Crippen molar-refractivity contribution in [2.45, 2.75) is 51.1 Å². The molecular weight excluding hydrogens is 188 g/mol. The standard InChI is InChI=1S/C12H22N2O/c1-9(15)13-11-7-8-14(2)12-6-4-3-5-10(11)12/h10-12H,3-8H2,1-2H3,(H,13,15)/t10-,11+,12+/m0/s1. The van der Waals surface area contributed by atoms with E-state index in [4.69, 9.17) is 0 Å². The number of carbonyl (C=O) groups is 1. The predicted molar refractivity (Wildman–Crippen MR) is 60.6 cm³/mol. The summed E-state index contributed by atoms with van der Waals surface area (Å²) in [6.45, 7) is 2.77. The van der Waals surface area contributed by atoms with Gasteiger partial charge >= 0.3 is 0 Å². The van der Waals surface area contributed by atoms with Crippen LogP contribution < -0.4 is 5.32 Å². The van der Waals surface area contributed by atoms with Gasteiger partial charge in [-0.2, -0.15) is 0 Å². The van der Waals surface area contributed by atoms with E-state index >= 15 is 0 Å². The minimum Gasteiger partial charge on any atom is -0.353 e. The number of likely N-dealkylation sites (tertiary alicyclic amines) is 1. The van der Waals surface area contributed by atoms with Gasteiger partial charge in [-0.25, -0.2) is 0 Å². The van der Waals surface area contributed by atoms with E-state index in [2.05, 4.69) is 17.3 Å². The number of piperidine rings is 1. The smallest absolute Gasteiger partial charge is 0.217 e. The van der Waals surface area contributed by atoms with E-state index in [1.54, 1.807) is 6.92 Å². The van der Waals surface area contributed by atoms with Crippen LogP contribution >= 0.6 is 0 Å². The fourth-order valence-electron chi connectivity index (χ4n) is 3.32. The predicted octanol–water partition coefficient (Wildman–Crippen LogP) is 1.39. The quantitative estimate of drug-likeness (QED) is 0.709. The van der Waals surface area contributed by atoms with Crippen molar-refractivity contribution in [3.8, 4) is 0 Å². The van der Waals surface area contributed by atoms with Crippen LogP contribution in [0.2, 0.25) is 0 Å². The second-order valence-electron chi connectivity index (χ2n) is 5.09. The Labute approximate surface area is 92.2 Å². The summed E-state index contributed by atoms with van der Waals surface area (Å²) in [4.78, 5) is 13.6. The van der Waals surface area contributed by atoms with Gasteiger partial charge in [-0.05, 0) is 32.2 Å². The summed E-state index contributed by atoms with van der Waals surface area (Å²) in [5.74, 6) is 0.829. The van der Waals surface area contributed by atoms with Crippen LogP contribution in [0.5, 0.6) is 0 Å². The summed E-state index contributed by atoms with van der Waals surface area (Å²) in [5.41, 5.74) is 0. The van der Waals surface area contributed by atoms with Crippen molar-refractivity contribution in [3.63, 3.8) is 0 Å². The molecule has 2 aliphatic rings. The Bertz CT molecular complexity index is 242. The fourth-order valence-corrected chi connectivity index (χ4v) is 3.32. The summed E-state index contributed by atoms with van der Waals surface area (Å²) in [6.07, 6.45) is 6.43. The molecule has 15 heavy (non-hydrogen) atoms. The van der Waals surface area contributed by atoms with Gasteiger partial charge in [-0.1, -0.05) is 12.8 Å². The Morgan fingerprint density at radius 1 is 1.27 bits per heavy atom. The zero-order chi connectivity index (χ0) is 10.8. The van der Waals surface area contributed by atoms with E-state index in [-0.39, 0.29) is 5.91 Å². The summed E-state index contributed by atoms with van der Waals surface area (Å²) in [6, 6.07) is 1.15. The molecule has 1 aliphatic carbocycles. The van der Waals surface area contributed by atoms with Gasteiger partial charge < -0.3 is 10.2 Å². The number of carbonyl (C=O) groups excluding carboxylic acids is 1. The van der Waals surface area contributed by atoms with Crippen LogP contribution in [0.1, 0.15) is 39.0 Å². The van der Waals surface area contributed by atoms with E-state index in [1.165, 1.54) is 25.7 Å². The van der Waals surface area contributed by atoms with Crippen molar-refractivity contribution < 1.29 is 4.79 Å². The van der Waals surface area contributed by atoms with Crippen LogP contribution in [-0.2, 0) is 4.79 Å². The Hall–Kier alpha value is -0.570. The molecular formula is C12H22N2O. The third kappa shape index (κ3) is 2.33. The largest absolute Gasteiger partial charge is 0.353 e. The summed E-state index contributed by atoms with van der Waals surface area (Å²) >= 11 is 0. The lowest BCUT2D eigenvalue weighted by Gasteiger charge is -2.46. The van der Waals surface area contributed by atoms with Crippen LogP contribution in [0.15, 0.2) is 0 Å². The molecule has 3 heteroatoms. The lowest BCUT2D eigenvalue weighted by atomic mass is 9.75. The Morgan fingerprint density at radius 3 is 2.73 bits per heavy atom. The highest BCUT2D eigenvalue weighted by atomic mass is 16.1. The van der Waals surface area contributed by atoms with Crippen molar-refractivity contribution in [3.05, 3.63) is 0 Å². The third-order valence-electron chi connectivity index (χ3n) is 4.05. The second kappa shape index (κ2) is 4.52. The molecule has 0 radical (unpaired) electrons. The molecule has 2 fully saturated rings. The van der Waals surface area contributed by atoms with Gasteiger partial charge in [-0.15, -0.1) is 0 Å². The first-order chi connectivity index (χ1) is 7.18. The number of fused-ring (bicyclic) bond motifs is 1. The van der Waals surface area contributed by atoms with Crippen molar-refractivity contribution in [2.24, 2.45) is 5.92 Å². The summed E-state index contributed by atoms with van der Waals surface area (Å²) in [7, 11) is 2.23. The number of hydrogen-bond donors (Lipinski definition) is 1. The Morgan fingerprint density at radius 2 is 2.00 bits per heavy atom. The first-order valence-corrected chi connectivity index (χ1v) is 6.16. The molecule has 1 saturated carbocycles. The first-order valence-electron chi connectivity index (χ1n) is 6.16. The van der Waals surface area contributed by atoms with Gasteiger partial charge in [0.05, 0.1) is 0 Å². The van der Waals surface area contributed by atoms with Crippen molar-refractivity contribution in [2.75, 3.05) is 13.6 Å². The van der Waals surface area contributed by atoms with E-state index < -0.39 is 0 Å². The van der Waals surface area contributed by atoms with Crippen LogP contribution in [0, 0.1) is 5.92 Å². The minimum absolute atomic E-state index is 0.133. The SMILES string of the molecule is CC(=O)N[C@@H]1CCN(C)[C@@H]2CCCC[C@H]21. The van der Waals surface area contributed by atoms with E-state index in [0.29, 0.717) is 18.0 Å². The van der Waals surface area contributed by atoms with Crippen LogP contribution in [0.3, 0.4) is 0 Å². The average molecular weight is 210 g/mol. The minimum atomic E-state index is 0.133. The first kappa shape index (κ1) is 10.9. The molecule has 86 valence electrons. The molecule has 2 rings (SSSR count). The molecule has 0 aromatic carbocycles. The number of hydrogen-bond acceptors (Lipinski definition) is 2. The molecule has 0 aromatic rings. The lowest BCUT2D eigenvalue weighted by molar-refractivity contribution is -0.120. The van der Waals surface area contributed by atoms with E-state index in [1.807, 2.05) is 0 Å². The van der Waals surface area contributed by atoms with Gasteiger partial charge in [0.1, 0.15) is 0 Å². The second-order valence-corrected chi connectivity index (χ2v) is 5.09. The van der Waals surface area contributed by atoms with Crippen molar-refractivity contribution in [1.29, 1.82) is 0 Å². The maximum atomic E-state index is 11.1. The molecule has 3 atom stereocenters. The molecule has 0 spiro atoms. The molecule has 1 saturated heterocycles. The van der Waals surface area contributed by atoms with Gasteiger partial charge in [-0.3, -0.25) is 4.79 Å². The number of nitrogens with one attached hydrogen (secondary N) is 1. The molecule has 3 nitrogen and oxygen atoms in total. The van der Waals surface area contributed by atoms with Crippen LogP contribution in [0.25, 0.3) is 0 Å². The normalized spacial score (nSPS) is 37.1. The van der Waals surface area contributed by atoms with Gasteiger partial charge in [0, 0.05) is 25.6 Å². The zero-order valence-corrected chi connectivity index (χ0v) is 9.83. The molecule has 0 bridgehead atoms. The zero-order valence-electron chi connectivity index (χ0n) is 9.83. The van der Waals surface area contributed by atoms with Gasteiger partial charge in [0.2, 0.25) is 5.91 Å². The highest BCUT2D eigenvalue weighted by Gasteiger charge is 2.37. The van der Waals surface area contributed by atoms with Gasteiger partial charge in [0.25, 0.3) is 0 Å². The maximum absolute atomic E-state index is 11.1.